The van der Waals surface area contributed by atoms with Crippen LogP contribution in [0.2, 0.25) is 13.1 Å². The number of pyridine rings is 2. The minimum absolute atomic E-state index is 0.933. The van der Waals surface area contributed by atoms with Crippen molar-refractivity contribution in [2.24, 2.45) is 0 Å². The molecule has 0 radical (unpaired) electrons. The summed E-state index contributed by atoms with van der Waals surface area (Å²) in [6.07, 6.45) is 5.92. The van der Waals surface area contributed by atoms with Crippen LogP contribution in [-0.2, 0) is 0 Å². The predicted octanol–water partition coefficient (Wildman–Crippen LogP) is 6.04. The van der Waals surface area contributed by atoms with Gasteiger partial charge in [0.25, 0.3) is 0 Å². The molecule has 0 aliphatic carbocycles. The first kappa shape index (κ1) is 19.4. The third kappa shape index (κ3) is 2.63. The van der Waals surface area contributed by atoms with E-state index >= 15 is 0 Å². The third-order valence-electron chi connectivity index (χ3n) is 7.32. The normalized spacial score (nSPS) is 13.8. The van der Waals surface area contributed by atoms with Crippen LogP contribution >= 0.6 is 0 Å². The maximum Gasteiger partial charge on any atom is 0.138 e. The lowest BCUT2D eigenvalue weighted by Gasteiger charge is -2.20. The average molecular weight is 454 g/mol. The van der Waals surface area contributed by atoms with Crippen LogP contribution in [0.4, 0.5) is 0 Å². The van der Waals surface area contributed by atoms with Crippen LogP contribution in [0.15, 0.2) is 104 Å². The van der Waals surface area contributed by atoms with Crippen molar-refractivity contribution in [1.82, 2.24) is 14.5 Å². The Bertz CT molecular complexity index is 1730. The van der Waals surface area contributed by atoms with E-state index in [2.05, 4.69) is 108 Å². The van der Waals surface area contributed by atoms with E-state index in [9.17, 15) is 0 Å². The Hall–Kier alpha value is -4.02. The first-order chi connectivity index (χ1) is 16.6. The number of aromatic nitrogens is 3. The quantitative estimate of drug-likeness (QED) is 0.299. The largest absolute Gasteiger partial charge is 0.301 e. The van der Waals surface area contributed by atoms with E-state index in [-0.39, 0.29) is 0 Å². The fourth-order valence-corrected chi connectivity index (χ4v) is 9.20. The van der Waals surface area contributed by atoms with Crippen LogP contribution in [0.5, 0.6) is 0 Å². The second kappa shape index (κ2) is 6.99. The van der Waals surface area contributed by atoms with Crippen LogP contribution in [0.3, 0.4) is 0 Å². The van der Waals surface area contributed by atoms with Gasteiger partial charge in [0.1, 0.15) is 13.9 Å². The standard InChI is InChI=1S/C30H23N3Si/c1-34(2)28-11-7-6-10-21(28)22-12-13-27-23(30(22)34)15-17-33(27)29-18-24(20-8-4-3-5-9-20)25-19-31-16-14-26(25)32-29/h3-19H,1-2H3. The molecule has 1 aliphatic rings. The summed E-state index contributed by atoms with van der Waals surface area (Å²) in [5, 5.41) is 5.49. The van der Waals surface area contributed by atoms with Gasteiger partial charge in [-0.25, -0.2) is 4.98 Å². The summed E-state index contributed by atoms with van der Waals surface area (Å²) in [6, 6.07) is 30.5. The molecule has 0 N–H and O–H groups in total. The molecule has 0 amide bonds. The average Bonchev–Trinajstić information content (AvgIpc) is 3.41. The van der Waals surface area contributed by atoms with Crippen LogP contribution in [0.1, 0.15) is 0 Å². The smallest absolute Gasteiger partial charge is 0.138 e. The molecule has 0 spiro atoms. The second-order valence-corrected chi connectivity index (χ2v) is 13.9. The van der Waals surface area contributed by atoms with Crippen molar-refractivity contribution >= 4 is 40.3 Å². The Labute approximate surface area is 199 Å². The topological polar surface area (TPSA) is 30.7 Å². The summed E-state index contributed by atoms with van der Waals surface area (Å²) in [6.45, 7) is 4.95. The van der Waals surface area contributed by atoms with Crippen LogP contribution < -0.4 is 10.4 Å². The van der Waals surface area contributed by atoms with Gasteiger partial charge in [0.2, 0.25) is 0 Å². The van der Waals surface area contributed by atoms with Gasteiger partial charge in [-0.1, -0.05) is 73.8 Å². The molecule has 4 heteroatoms. The lowest BCUT2D eigenvalue weighted by atomic mass is 10.0. The first-order valence-corrected chi connectivity index (χ1v) is 14.7. The molecule has 162 valence electrons. The van der Waals surface area contributed by atoms with Crippen molar-refractivity contribution in [2.75, 3.05) is 0 Å². The van der Waals surface area contributed by atoms with Crippen LogP contribution in [0, 0.1) is 0 Å². The molecule has 0 bridgehead atoms. The van der Waals surface area contributed by atoms with Gasteiger partial charge in [-0.05, 0) is 56.9 Å². The molecule has 0 saturated heterocycles. The Morgan fingerprint density at radius 1 is 0.735 bits per heavy atom. The van der Waals surface area contributed by atoms with Crippen LogP contribution in [0.25, 0.3) is 49.9 Å². The van der Waals surface area contributed by atoms with Gasteiger partial charge >= 0.3 is 0 Å². The molecule has 6 aromatic rings. The number of hydrogen-bond acceptors (Lipinski definition) is 2. The van der Waals surface area contributed by atoms with E-state index < -0.39 is 8.07 Å². The molecular weight excluding hydrogens is 430 g/mol. The highest BCUT2D eigenvalue weighted by molar-refractivity contribution is 7.05. The number of nitrogens with zero attached hydrogens (tertiary/aromatic N) is 3. The van der Waals surface area contributed by atoms with Gasteiger partial charge in [0.05, 0.1) is 11.0 Å². The summed E-state index contributed by atoms with van der Waals surface area (Å²) in [5.74, 6) is 0.933. The Kier molecular flexibility index (Phi) is 4.00. The highest BCUT2D eigenvalue weighted by atomic mass is 28.3. The number of rotatable bonds is 2. The minimum atomic E-state index is -1.78. The van der Waals surface area contributed by atoms with E-state index in [4.69, 9.17) is 4.98 Å². The molecule has 7 rings (SSSR count). The van der Waals surface area contributed by atoms with Crippen molar-refractivity contribution in [2.45, 2.75) is 13.1 Å². The zero-order valence-corrected chi connectivity index (χ0v) is 20.2. The number of fused-ring (bicyclic) bond motifs is 6. The van der Waals surface area contributed by atoms with Crippen molar-refractivity contribution in [3.8, 4) is 28.1 Å². The number of hydrogen-bond donors (Lipinski definition) is 0. The fourth-order valence-electron chi connectivity index (χ4n) is 5.75. The molecule has 0 saturated carbocycles. The molecule has 4 heterocycles. The number of benzene rings is 3. The van der Waals surface area contributed by atoms with E-state index in [0.29, 0.717) is 0 Å². The van der Waals surface area contributed by atoms with Crippen molar-refractivity contribution in [3.63, 3.8) is 0 Å². The van der Waals surface area contributed by atoms with Gasteiger partial charge < -0.3 is 4.57 Å². The molecule has 3 aromatic heterocycles. The molecule has 0 unspecified atom stereocenters. The van der Waals surface area contributed by atoms with Gasteiger partial charge in [-0.2, -0.15) is 0 Å². The first-order valence-electron chi connectivity index (χ1n) is 11.7. The van der Waals surface area contributed by atoms with E-state index in [0.717, 1.165) is 22.3 Å². The maximum atomic E-state index is 5.06. The third-order valence-corrected chi connectivity index (χ3v) is 10.9. The summed E-state index contributed by atoms with van der Waals surface area (Å²) in [7, 11) is -1.78. The monoisotopic (exact) mass is 453 g/mol. The summed E-state index contributed by atoms with van der Waals surface area (Å²) < 4.78 is 2.25. The van der Waals surface area contributed by atoms with Crippen LogP contribution in [-0.4, -0.2) is 22.6 Å². The van der Waals surface area contributed by atoms with Crippen molar-refractivity contribution < 1.29 is 0 Å². The molecule has 3 aromatic carbocycles. The molecule has 3 nitrogen and oxygen atoms in total. The minimum Gasteiger partial charge on any atom is -0.301 e. The highest BCUT2D eigenvalue weighted by Gasteiger charge is 2.38. The fraction of sp³-hybridized carbons (Fsp3) is 0.0667. The van der Waals surface area contributed by atoms with Gasteiger partial charge in [-0.3, -0.25) is 4.98 Å². The lowest BCUT2D eigenvalue weighted by Crippen LogP contribution is -2.49. The van der Waals surface area contributed by atoms with Gasteiger partial charge in [0.15, 0.2) is 0 Å². The molecular formula is C30H23N3Si. The van der Waals surface area contributed by atoms with E-state index in [1.54, 1.807) is 5.19 Å². The molecule has 1 aliphatic heterocycles. The Balaban J connectivity index is 1.49. The Morgan fingerprint density at radius 3 is 2.44 bits per heavy atom. The zero-order chi connectivity index (χ0) is 22.9. The van der Waals surface area contributed by atoms with Gasteiger partial charge in [-0.15, -0.1) is 0 Å². The zero-order valence-electron chi connectivity index (χ0n) is 19.2. The second-order valence-electron chi connectivity index (χ2n) is 9.56. The van der Waals surface area contributed by atoms with Crippen molar-refractivity contribution in [3.05, 3.63) is 104 Å². The SMILES string of the molecule is C[Si]1(C)c2ccccc2-c2ccc3c(ccn3-c3cc(-c4ccccc4)c4cnccc4n3)c21. The van der Waals surface area contributed by atoms with E-state index in [1.165, 1.54) is 32.8 Å². The summed E-state index contributed by atoms with van der Waals surface area (Å²) in [5.41, 5.74) is 7.30. The molecule has 34 heavy (non-hydrogen) atoms. The lowest BCUT2D eigenvalue weighted by molar-refractivity contribution is 1.06. The molecule has 0 atom stereocenters. The summed E-state index contributed by atoms with van der Waals surface area (Å²) in [4.78, 5) is 9.43. The van der Waals surface area contributed by atoms with Crippen molar-refractivity contribution in [1.29, 1.82) is 0 Å². The highest BCUT2D eigenvalue weighted by Crippen LogP contribution is 2.34. The summed E-state index contributed by atoms with van der Waals surface area (Å²) >= 11 is 0. The maximum absolute atomic E-state index is 5.06. The molecule has 0 fully saturated rings. The van der Waals surface area contributed by atoms with E-state index in [1.807, 2.05) is 18.5 Å². The Morgan fingerprint density at radius 2 is 1.56 bits per heavy atom. The van der Waals surface area contributed by atoms with Gasteiger partial charge in [0, 0.05) is 29.4 Å². The predicted molar refractivity (Wildman–Crippen MR) is 144 cm³/mol.